The number of halogens is 1. The number of nitrogens with zero attached hydrogens (tertiary/aromatic N) is 3. The third kappa shape index (κ3) is 7.56. The number of carbonyl (C=O) groups excluding carboxylic acids is 3. The Morgan fingerprint density at radius 2 is 1.86 bits per heavy atom. The van der Waals surface area contributed by atoms with Gasteiger partial charge in [-0.3, -0.25) is 9.59 Å². The molecule has 0 spiro atoms. The highest BCUT2D eigenvalue weighted by Gasteiger charge is 2.26. The average Bonchev–Trinajstić information content (AvgIpc) is 3.24. The molecule has 1 heterocycles. The number of hydrogen-bond donors (Lipinski definition) is 2. The Morgan fingerprint density at radius 1 is 1.11 bits per heavy atom. The lowest BCUT2D eigenvalue weighted by molar-refractivity contribution is -0.113. The second kappa shape index (κ2) is 13.3. The first-order valence-electron chi connectivity index (χ1n) is 11.9. The Hall–Kier alpha value is -3.37. The van der Waals surface area contributed by atoms with E-state index in [1.54, 1.807) is 60.1 Å². The molecular weight excluding hydrogens is 514 g/mol. The van der Waals surface area contributed by atoms with Crippen molar-refractivity contribution in [2.75, 3.05) is 17.7 Å². The van der Waals surface area contributed by atoms with Gasteiger partial charge in [0.25, 0.3) is 5.91 Å². The maximum atomic E-state index is 12.8. The zero-order chi connectivity index (χ0) is 26.9. The van der Waals surface area contributed by atoms with Gasteiger partial charge in [0.05, 0.1) is 34.6 Å². The van der Waals surface area contributed by atoms with Gasteiger partial charge in [0.1, 0.15) is 0 Å². The van der Waals surface area contributed by atoms with Crippen molar-refractivity contribution in [3.63, 3.8) is 0 Å². The van der Waals surface area contributed by atoms with Gasteiger partial charge in [-0.25, -0.2) is 4.79 Å². The van der Waals surface area contributed by atoms with Gasteiger partial charge in [0.15, 0.2) is 11.0 Å². The Kier molecular flexibility index (Phi) is 10.1. The minimum absolute atomic E-state index is 0.0202. The van der Waals surface area contributed by atoms with E-state index in [1.165, 1.54) is 11.8 Å². The summed E-state index contributed by atoms with van der Waals surface area (Å²) in [6, 6.07) is 13.0. The predicted molar refractivity (Wildman–Crippen MR) is 144 cm³/mol. The van der Waals surface area contributed by atoms with Crippen molar-refractivity contribution in [2.45, 2.75) is 38.4 Å². The number of rotatable bonds is 11. The number of benzene rings is 2. The maximum absolute atomic E-state index is 12.8. The number of thioether (sulfide) groups is 1. The van der Waals surface area contributed by atoms with E-state index in [0.717, 1.165) is 6.42 Å². The molecular formula is C26H30ClN5O4S. The third-order valence-electron chi connectivity index (χ3n) is 5.37. The first-order chi connectivity index (χ1) is 17.7. The van der Waals surface area contributed by atoms with Gasteiger partial charge in [-0.05, 0) is 42.7 Å². The van der Waals surface area contributed by atoms with Crippen LogP contribution in [-0.4, -0.2) is 44.9 Å². The molecule has 0 saturated carbocycles. The minimum Gasteiger partial charge on any atom is -0.462 e. The smallest absolute Gasteiger partial charge is 0.338 e. The number of anilines is 1. The number of aromatic nitrogens is 3. The van der Waals surface area contributed by atoms with E-state index in [9.17, 15) is 14.4 Å². The summed E-state index contributed by atoms with van der Waals surface area (Å²) < 4.78 is 6.91. The van der Waals surface area contributed by atoms with Gasteiger partial charge in [0.2, 0.25) is 5.91 Å². The first-order valence-corrected chi connectivity index (χ1v) is 13.2. The topological polar surface area (TPSA) is 115 Å². The molecule has 3 rings (SSSR count). The number of ether oxygens (including phenoxy) is 1. The summed E-state index contributed by atoms with van der Waals surface area (Å²) in [6.07, 6.45) is 0.731. The molecule has 37 heavy (non-hydrogen) atoms. The van der Waals surface area contributed by atoms with Crippen molar-refractivity contribution in [3.8, 4) is 0 Å². The minimum atomic E-state index is -0.430. The monoisotopic (exact) mass is 543 g/mol. The van der Waals surface area contributed by atoms with Crippen molar-refractivity contribution in [2.24, 2.45) is 13.0 Å². The summed E-state index contributed by atoms with van der Waals surface area (Å²) in [6.45, 7) is 6.20. The summed E-state index contributed by atoms with van der Waals surface area (Å²) in [5.74, 6) is -0.333. The number of nitrogens with one attached hydrogen (secondary N) is 2. The molecule has 2 amide bonds. The fraction of sp³-hybridized carbons (Fsp3) is 0.346. The molecule has 0 aliphatic rings. The molecule has 3 aromatic rings. The molecule has 2 aromatic carbocycles. The van der Waals surface area contributed by atoms with E-state index < -0.39 is 12.0 Å². The highest BCUT2D eigenvalue weighted by molar-refractivity contribution is 7.99. The zero-order valence-electron chi connectivity index (χ0n) is 21.2. The average molecular weight is 544 g/mol. The molecule has 2 N–H and O–H groups in total. The Bertz CT molecular complexity index is 1260. The summed E-state index contributed by atoms with van der Waals surface area (Å²) in [7, 11) is 1.79. The van der Waals surface area contributed by atoms with Crippen molar-refractivity contribution in [1.82, 2.24) is 20.1 Å². The molecule has 0 unspecified atom stereocenters. The van der Waals surface area contributed by atoms with Crippen molar-refractivity contribution >= 4 is 46.8 Å². The molecule has 0 saturated heterocycles. The van der Waals surface area contributed by atoms with Crippen LogP contribution in [0.5, 0.6) is 0 Å². The lowest BCUT2D eigenvalue weighted by Crippen LogP contribution is -2.33. The lowest BCUT2D eigenvalue weighted by atomic mass is 10.0. The number of amides is 2. The van der Waals surface area contributed by atoms with Gasteiger partial charge in [-0.2, -0.15) is 0 Å². The summed E-state index contributed by atoms with van der Waals surface area (Å²) in [4.78, 5) is 37.5. The van der Waals surface area contributed by atoms with Crippen LogP contribution in [0.1, 0.15) is 59.8 Å². The van der Waals surface area contributed by atoms with Crippen molar-refractivity contribution in [3.05, 3.63) is 70.5 Å². The predicted octanol–water partition coefficient (Wildman–Crippen LogP) is 4.89. The van der Waals surface area contributed by atoms with Crippen molar-refractivity contribution < 1.29 is 19.1 Å². The fourth-order valence-electron chi connectivity index (χ4n) is 3.45. The highest BCUT2D eigenvalue weighted by Crippen LogP contribution is 2.25. The van der Waals surface area contributed by atoms with E-state index in [0.29, 0.717) is 39.4 Å². The van der Waals surface area contributed by atoms with Crippen LogP contribution in [0.15, 0.2) is 53.7 Å². The van der Waals surface area contributed by atoms with Gasteiger partial charge in [0, 0.05) is 12.7 Å². The van der Waals surface area contributed by atoms with Crippen molar-refractivity contribution in [1.29, 1.82) is 0 Å². The molecule has 0 aliphatic heterocycles. The molecule has 0 fully saturated rings. The Labute approximate surface area is 225 Å². The summed E-state index contributed by atoms with van der Waals surface area (Å²) in [5, 5.41) is 15.2. The number of hydrogen-bond acceptors (Lipinski definition) is 7. The van der Waals surface area contributed by atoms with Crippen LogP contribution >= 0.6 is 23.4 Å². The molecule has 1 aromatic heterocycles. The van der Waals surface area contributed by atoms with Gasteiger partial charge >= 0.3 is 5.97 Å². The SMILES string of the molecule is CCCOC(=O)c1cccc(NC(=O)CSc2nnc([C@@H](NC(=O)c3ccccc3Cl)C(C)C)n2C)c1. The third-order valence-corrected chi connectivity index (χ3v) is 6.72. The Balaban J connectivity index is 1.63. The second-order valence-corrected chi connectivity index (χ2v) is 9.98. The Morgan fingerprint density at radius 3 is 2.57 bits per heavy atom. The number of esters is 1. The summed E-state index contributed by atoms with van der Waals surface area (Å²) >= 11 is 7.39. The molecule has 0 aliphatic carbocycles. The van der Waals surface area contributed by atoms with E-state index in [4.69, 9.17) is 16.3 Å². The zero-order valence-corrected chi connectivity index (χ0v) is 22.7. The molecule has 0 radical (unpaired) electrons. The van der Waals surface area contributed by atoms with E-state index in [-0.39, 0.29) is 23.5 Å². The molecule has 9 nitrogen and oxygen atoms in total. The molecule has 1 atom stereocenters. The largest absolute Gasteiger partial charge is 0.462 e. The lowest BCUT2D eigenvalue weighted by Gasteiger charge is -2.22. The summed E-state index contributed by atoms with van der Waals surface area (Å²) in [5.41, 5.74) is 1.25. The van der Waals surface area contributed by atoms with Crippen LogP contribution in [0.25, 0.3) is 0 Å². The standard InChI is InChI=1S/C26H30ClN5O4S/c1-5-13-36-25(35)17-9-8-10-18(14-17)28-21(33)15-37-26-31-30-23(32(26)4)22(16(2)3)29-24(34)19-11-6-7-12-20(19)27/h6-12,14,16,22H,5,13,15H2,1-4H3,(H,28,33)(H,29,34)/t22-/m0/s1. The second-order valence-electron chi connectivity index (χ2n) is 8.63. The highest BCUT2D eigenvalue weighted by atomic mass is 35.5. The van der Waals surface area contributed by atoms with Crippen LogP contribution in [0.4, 0.5) is 5.69 Å². The van der Waals surface area contributed by atoms with Crippen LogP contribution < -0.4 is 10.6 Å². The normalized spacial score (nSPS) is 11.7. The van der Waals surface area contributed by atoms with Gasteiger partial charge < -0.3 is 19.9 Å². The molecule has 11 heteroatoms. The molecule has 196 valence electrons. The van der Waals surface area contributed by atoms with Gasteiger partial charge in [-0.1, -0.05) is 62.3 Å². The fourth-order valence-corrected chi connectivity index (χ4v) is 4.39. The first kappa shape index (κ1) is 28.2. The van der Waals surface area contributed by atoms with E-state index >= 15 is 0 Å². The van der Waals surface area contributed by atoms with Crippen LogP contribution in [-0.2, 0) is 16.6 Å². The maximum Gasteiger partial charge on any atom is 0.338 e. The number of carbonyl (C=O) groups is 3. The van der Waals surface area contributed by atoms with E-state index in [2.05, 4.69) is 20.8 Å². The van der Waals surface area contributed by atoms with Crippen LogP contribution in [0.3, 0.4) is 0 Å². The quantitative estimate of drug-likeness (QED) is 0.261. The van der Waals surface area contributed by atoms with Gasteiger partial charge in [-0.15, -0.1) is 10.2 Å². The van der Waals surface area contributed by atoms with Crippen LogP contribution in [0.2, 0.25) is 5.02 Å². The van der Waals surface area contributed by atoms with E-state index in [1.807, 2.05) is 20.8 Å². The molecule has 0 bridgehead atoms. The van der Waals surface area contributed by atoms with Crippen LogP contribution in [0, 0.1) is 5.92 Å².